The molecule has 0 atom stereocenters. The number of rotatable bonds is 4. The molecular formula is C19H13FN4O2. The molecule has 7 heteroatoms. The molecule has 0 aliphatic rings. The van der Waals surface area contributed by atoms with Gasteiger partial charge in [-0.1, -0.05) is 0 Å². The van der Waals surface area contributed by atoms with Gasteiger partial charge in [-0.15, -0.1) is 0 Å². The monoisotopic (exact) mass is 348 g/mol. The third kappa shape index (κ3) is 3.65. The van der Waals surface area contributed by atoms with Crippen molar-refractivity contribution in [1.82, 2.24) is 9.97 Å². The average Bonchev–Trinajstić information content (AvgIpc) is 2.64. The highest BCUT2D eigenvalue weighted by Crippen LogP contribution is 2.27. The van der Waals surface area contributed by atoms with E-state index in [0.29, 0.717) is 22.6 Å². The molecule has 1 N–H and O–H groups in total. The van der Waals surface area contributed by atoms with Gasteiger partial charge in [0.25, 0.3) is 5.91 Å². The van der Waals surface area contributed by atoms with Gasteiger partial charge in [-0.05, 0) is 48.9 Å². The molecule has 26 heavy (non-hydrogen) atoms. The predicted molar refractivity (Wildman–Crippen MR) is 92.4 cm³/mol. The minimum absolute atomic E-state index is 0.0909. The fourth-order valence-corrected chi connectivity index (χ4v) is 2.26. The number of hydrogen-bond acceptors (Lipinski definition) is 5. The summed E-state index contributed by atoms with van der Waals surface area (Å²) < 4.78 is 19.3. The highest BCUT2D eigenvalue weighted by atomic mass is 19.1. The van der Waals surface area contributed by atoms with Crippen LogP contribution in [0.25, 0.3) is 0 Å². The number of carbonyl (C=O) groups is 1. The highest BCUT2D eigenvalue weighted by Gasteiger charge is 2.13. The van der Waals surface area contributed by atoms with Crippen LogP contribution < -0.4 is 10.1 Å². The van der Waals surface area contributed by atoms with Gasteiger partial charge in [-0.25, -0.2) is 9.37 Å². The number of nitrogens with one attached hydrogen (secondary N) is 1. The maximum atomic E-state index is 13.6. The Hall–Kier alpha value is -3.79. The Bertz CT molecular complexity index is 1010. The number of anilines is 1. The zero-order chi connectivity index (χ0) is 18.5. The molecule has 6 nitrogen and oxygen atoms in total. The van der Waals surface area contributed by atoms with Gasteiger partial charge in [0.15, 0.2) is 5.82 Å². The van der Waals surface area contributed by atoms with Gasteiger partial charge >= 0.3 is 0 Å². The summed E-state index contributed by atoms with van der Waals surface area (Å²) in [6, 6.07) is 11.5. The molecule has 128 valence electrons. The number of pyridine rings is 2. The molecule has 0 aliphatic heterocycles. The van der Waals surface area contributed by atoms with Crippen molar-refractivity contribution in [2.75, 3.05) is 5.32 Å². The van der Waals surface area contributed by atoms with E-state index < -0.39 is 11.7 Å². The summed E-state index contributed by atoms with van der Waals surface area (Å²) in [7, 11) is 0. The Morgan fingerprint density at radius 1 is 1.27 bits per heavy atom. The lowest BCUT2D eigenvalue weighted by atomic mass is 10.1. The smallest absolute Gasteiger partial charge is 0.258 e. The SMILES string of the molecule is Cc1cc(Oc2ncccc2C#N)ccc1NC(=O)c1ccncc1F. The number of amides is 1. The fraction of sp³-hybridized carbons (Fsp3) is 0.0526. The first-order chi connectivity index (χ1) is 12.6. The molecule has 0 fully saturated rings. The number of aromatic nitrogens is 2. The molecule has 1 aromatic carbocycles. The van der Waals surface area contributed by atoms with Crippen LogP contribution in [0.3, 0.4) is 0 Å². The maximum absolute atomic E-state index is 13.6. The molecule has 1 amide bonds. The first-order valence-electron chi connectivity index (χ1n) is 7.63. The molecule has 0 saturated heterocycles. The van der Waals surface area contributed by atoms with Crippen molar-refractivity contribution in [2.24, 2.45) is 0 Å². The lowest BCUT2D eigenvalue weighted by molar-refractivity contribution is 0.102. The second-order valence-corrected chi connectivity index (χ2v) is 5.36. The maximum Gasteiger partial charge on any atom is 0.258 e. The molecule has 0 spiro atoms. The van der Waals surface area contributed by atoms with E-state index in [1.165, 1.54) is 18.5 Å². The number of hydrogen-bond donors (Lipinski definition) is 1. The summed E-state index contributed by atoms with van der Waals surface area (Å²) in [6.45, 7) is 1.77. The van der Waals surface area contributed by atoms with Crippen molar-refractivity contribution >= 4 is 11.6 Å². The minimum Gasteiger partial charge on any atom is -0.438 e. The van der Waals surface area contributed by atoms with Crippen LogP contribution in [0.15, 0.2) is 55.0 Å². The normalized spacial score (nSPS) is 10.0. The zero-order valence-corrected chi connectivity index (χ0v) is 13.7. The lowest BCUT2D eigenvalue weighted by Gasteiger charge is -2.11. The first kappa shape index (κ1) is 17.0. The van der Waals surface area contributed by atoms with Crippen LogP contribution in [0.5, 0.6) is 11.6 Å². The molecule has 0 aliphatic carbocycles. The van der Waals surface area contributed by atoms with E-state index in [1.807, 2.05) is 6.07 Å². The Morgan fingerprint density at radius 2 is 2.12 bits per heavy atom. The van der Waals surface area contributed by atoms with Crippen molar-refractivity contribution in [2.45, 2.75) is 6.92 Å². The quantitative estimate of drug-likeness (QED) is 0.774. The summed E-state index contributed by atoms with van der Waals surface area (Å²) >= 11 is 0. The van der Waals surface area contributed by atoms with E-state index in [1.54, 1.807) is 37.3 Å². The number of benzene rings is 1. The average molecular weight is 348 g/mol. The molecule has 2 aromatic heterocycles. The van der Waals surface area contributed by atoms with Gasteiger partial charge in [0.2, 0.25) is 5.88 Å². The fourth-order valence-electron chi connectivity index (χ4n) is 2.26. The predicted octanol–water partition coefficient (Wildman–Crippen LogP) is 3.84. The van der Waals surface area contributed by atoms with Crippen molar-refractivity contribution < 1.29 is 13.9 Å². The summed E-state index contributed by atoms with van der Waals surface area (Å²) in [5.41, 5.74) is 1.45. The van der Waals surface area contributed by atoms with Crippen LogP contribution in [0.1, 0.15) is 21.5 Å². The van der Waals surface area contributed by atoms with Gasteiger partial charge in [0, 0.05) is 18.1 Å². The highest BCUT2D eigenvalue weighted by molar-refractivity contribution is 6.04. The summed E-state index contributed by atoms with van der Waals surface area (Å²) in [5.74, 6) is -0.601. The number of carbonyl (C=O) groups excluding carboxylic acids is 1. The third-order valence-corrected chi connectivity index (χ3v) is 3.57. The molecule has 3 aromatic rings. The van der Waals surface area contributed by atoms with Crippen molar-refractivity contribution in [1.29, 1.82) is 5.26 Å². The van der Waals surface area contributed by atoms with Crippen LogP contribution in [-0.4, -0.2) is 15.9 Å². The van der Waals surface area contributed by atoms with Crippen LogP contribution in [-0.2, 0) is 0 Å². The van der Waals surface area contributed by atoms with Crippen molar-refractivity contribution in [3.8, 4) is 17.7 Å². The van der Waals surface area contributed by atoms with Gasteiger partial charge in [0.1, 0.15) is 17.4 Å². The molecule has 0 saturated carbocycles. The zero-order valence-electron chi connectivity index (χ0n) is 13.7. The van der Waals surface area contributed by atoms with Crippen LogP contribution in [0, 0.1) is 24.1 Å². The number of aryl methyl sites for hydroxylation is 1. The van der Waals surface area contributed by atoms with Gasteiger partial charge in [-0.3, -0.25) is 9.78 Å². The third-order valence-electron chi connectivity index (χ3n) is 3.57. The largest absolute Gasteiger partial charge is 0.438 e. The topological polar surface area (TPSA) is 87.9 Å². The first-order valence-corrected chi connectivity index (χ1v) is 7.63. The van der Waals surface area contributed by atoms with E-state index >= 15 is 0 Å². The number of halogens is 1. The Morgan fingerprint density at radius 3 is 2.85 bits per heavy atom. The van der Waals surface area contributed by atoms with Crippen molar-refractivity contribution in [3.63, 3.8) is 0 Å². The molecule has 0 bridgehead atoms. The van der Waals surface area contributed by atoms with Gasteiger partial charge in [-0.2, -0.15) is 5.26 Å². The summed E-state index contributed by atoms with van der Waals surface area (Å²) in [6.07, 6.45) is 3.86. The Balaban J connectivity index is 1.79. The second-order valence-electron chi connectivity index (χ2n) is 5.36. The van der Waals surface area contributed by atoms with E-state index in [-0.39, 0.29) is 11.4 Å². The molecule has 0 unspecified atom stereocenters. The second kappa shape index (κ2) is 7.40. The van der Waals surface area contributed by atoms with E-state index in [2.05, 4.69) is 15.3 Å². The molecular weight excluding hydrogens is 335 g/mol. The Kier molecular flexibility index (Phi) is 4.85. The molecule has 3 rings (SSSR count). The van der Waals surface area contributed by atoms with Crippen LogP contribution in [0.2, 0.25) is 0 Å². The lowest BCUT2D eigenvalue weighted by Crippen LogP contribution is -2.14. The number of ether oxygens (including phenoxy) is 1. The van der Waals surface area contributed by atoms with Gasteiger partial charge in [0.05, 0.1) is 11.8 Å². The van der Waals surface area contributed by atoms with Crippen LogP contribution in [0.4, 0.5) is 10.1 Å². The van der Waals surface area contributed by atoms with E-state index in [9.17, 15) is 9.18 Å². The summed E-state index contributed by atoms with van der Waals surface area (Å²) in [5, 5.41) is 11.7. The van der Waals surface area contributed by atoms with Crippen molar-refractivity contribution in [3.05, 3.63) is 77.5 Å². The standard InChI is InChI=1S/C19H13FN4O2/c1-12-9-14(26-19-13(10-21)3-2-7-23-19)4-5-17(12)24-18(25)15-6-8-22-11-16(15)20/h2-9,11H,1H3,(H,24,25). The number of nitriles is 1. The van der Waals surface area contributed by atoms with E-state index in [0.717, 1.165) is 6.20 Å². The molecule has 0 radical (unpaired) electrons. The van der Waals surface area contributed by atoms with Crippen LogP contribution >= 0.6 is 0 Å². The van der Waals surface area contributed by atoms with E-state index in [4.69, 9.17) is 10.00 Å². The molecule has 2 heterocycles. The number of nitrogens with zero attached hydrogens (tertiary/aromatic N) is 3. The van der Waals surface area contributed by atoms with Gasteiger partial charge < -0.3 is 10.1 Å². The Labute approximate surface area is 148 Å². The summed E-state index contributed by atoms with van der Waals surface area (Å²) in [4.78, 5) is 19.8. The minimum atomic E-state index is -0.693.